The molecular formula is C13H20O2S. The Bertz CT molecular complexity index is 296. The molecule has 0 spiro atoms. The number of fused-ring (bicyclic) bond motifs is 2. The summed E-state index contributed by atoms with van der Waals surface area (Å²) in [7, 11) is 0. The summed E-state index contributed by atoms with van der Waals surface area (Å²) in [6.45, 7) is 0. The lowest BCUT2D eigenvalue weighted by Crippen LogP contribution is -2.35. The minimum atomic E-state index is -0.544. The third-order valence-corrected chi connectivity index (χ3v) is 6.56. The smallest absolute Gasteiger partial charge is 0.319 e. The number of thioether (sulfide) groups is 1. The van der Waals surface area contributed by atoms with Gasteiger partial charge >= 0.3 is 5.97 Å². The first-order valence-corrected chi connectivity index (χ1v) is 7.55. The van der Waals surface area contributed by atoms with E-state index in [1.807, 2.05) is 0 Å². The largest absolute Gasteiger partial charge is 0.480 e. The highest BCUT2D eigenvalue weighted by Gasteiger charge is 2.48. The van der Waals surface area contributed by atoms with Crippen LogP contribution in [0.5, 0.6) is 0 Å². The van der Waals surface area contributed by atoms with Gasteiger partial charge in [0, 0.05) is 0 Å². The summed E-state index contributed by atoms with van der Waals surface area (Å²) in [6.07, 6.45) is 8.45. The second-order valence-corrected chi connectivity index (χ2v) is 7.37. The van der Waals surface area contributed by atoms with Gasteiger partial charge in [-0.2, -0.15) is 0 Å². The highest BCUT2D eigenvalue weighted by molar-refractivity contribution is 8.01. The van der Waals surface area contributed by atoms with Crippen molar-refractivity contribution in [1.29, 1.82) is 0 Å². The van der Waals surface area contributed by atoms with Crippen LogP contribution in [0.3, 0.4) is 0 Å². The number of hydrogen-bond donors (Lipinski definition) is 1. The third-order valence-electron chi connectivity index (χ3n) is 4.97. The minimum absolute atomic E-state index is 0.408. The first-order chi connectivity index (χ1) is 7.70. The molecule has 0 aromatic rings. The Morgan fingerprint density at radius 2 is 2.25 bits per heavy atom. The topological polar surface area (TPSA) is 37.3 Å². The fraction of sp³-hybridized carbons (Fsp3) is 0.923. The molecule has 0 radical (unpaired) electrons. The van der Waals surface area contributed by atoms with E-state index in [2.05, 4.69) is 0 Å². The monoisotopic (exact) mass is 240 g/mol. The van der Waals surface area contributed by atoms with Crippen LogP contribution in [0, 0.1) is 17.8 Å². The Kier molecular flexibility index (Phi) is 2.69. The molecule has 1 aliphatic heterocycles. The van der Waals surface area contributed by atoms with Crippen molar-refractivity contribution < 1.29 is 9.90 Å². The van der Waals surface area contributed by atoms with Gasteiger partial charge in [0.2, 0.25) is 0 Å². The SMILES string of the molecule is O=C(O)C1(CC2CC3CCC2C3)CCCS1. The molecule has 4 unspecified atom stereocenters. The van der Waals surface area contributed by atoms with Crippen molar-refractivity contribution >= 4 is 17.7 Å². The van der Waals surface area contributed by atoms with E-state index >= 15 is 0 Å². The molecule has 1 heterocycles. The van der Waals surface area contributed by atoms with Crippen molar-refractivity contribution in [2.45, 2.75) is 49.7 Å². The molecule has 3 rings (SSSR count). The molecule has 3 fully saturated rings. The van der Waals surface area contributed by atoms with Gasteiger partial charge in [0.15, 0.2) is 0 Å². The van der Waals surface area contributed by atoms with Crippen LogP contribution in [0.2, 0.25) is 0 Å². The summed E-state index contributed by atoms with van der Waals surface area (Å²) >= 11 is 1.71. The summed E-state index contributed by atoms with van der Waals surface area (Å²) in [5.41, 5.74) is 0. The average molecular weight is 240 g/mol. The summed E-state index contributed by atoms with van der Waals surface area (Å²) < 4.78 is -0.408. The van der Waals surface area contributed by atoms with Gasteiger partial charge in [0.1, 0.15) is 4.75 Å². The van der Waals surface area contributed by atoms with Gasteiger partial charge in [-0.05, 0) is 62.0 Å². The highest BCUT2D eigenvalue weighted by Crippen LogP contribution is 2.54. The third kappa shape index (κ3) is 1.68. The van der Waals surface area contributed by atoms with Crippen LogP contribution in [0.25, 0.3) is 0 Å². The predicted octanol–water partition coefficient (Wildman–Crippen LogP) is 3.16. The fourth-order valence-corrected chi connectivity index (χ4v) is 5.59. The lowest BCUT2D eigenvalue weighted by Gasteiger charge is -2.30. The maximum absolute atomic E-state index is 11.5. The van der Waals surface area contributed by atoms with E-state index in [9.17, 15) is 9.90 Å². The molecule has 90 valence electrons. The molecule has 2 saturated carbocycles. The van der Waals surface area contributed by atoms with Crippen molar-refractivity contribution in [3.05, 3.63) is 0 Å². The molecule has 2 aliphatic carbocycles. The van der Waals surface area contributed by atoms with Crippen LogP contribution >= 0.6 is 11.8 Å². The maximum Gasteiger partial charge on any atom is 0.319 e. The zero-order valence-corrected chi connectivity index (χ0v) is 10.5. The molecule has 3 heteroatoms. The van der Waals surface area contributed by atoms with Crippen LogP contribution in [0.1, 0.15) is 44.9 Å². The van der Waals surface area contributed by atoms with Gasteiger partial charge in [-0.1, -0.05) is 6.42 Å². The highest BCUT2D eigenvalue weighted by atomic mass is 32.2. The molecule has 16 heavy (non-hydrogen) atoms. The van der Waals surface area contributed by atoms with Crippen LogP contribution in [0.4, 0.5) is 0 Å². The second-order valence-electron chi connectivity index (χ2n) is 5.89. The molecule has 2 nitrogen and oxygen atoms in total. The van der Waals surface area contributed by atoms with Crippen LogP contribution < -0.4 is 0 Å². The quantitative estimate of drug-likeness (QED) is 0.823. The molecule has 3 aliphatic rings. The van der Waals surface area contributed by atoms with E-state index < -0.39 is 10.7 Å². The Hall–Kier alpha value is -0.180. The molecule has 1 N–H and O–H groups in total. The molecule has 1 saturated heterocycles. The Morgan fingerprint density at radius 3 is 2.75 bits per heavy atom. The molecule has 2 bridgehead atoms. The number of carbonyl (C=O) groups is 1. The molecular weight excluding hydrogens is 220 g/mol. The average Bonchev–Trinajstić information content (AvgIpc) is 2.92. The summed E-state index contributed by atoms with van der Waals surface area (Å²) in [6, 6.07) is 0. The van der Waals surface area contributed by atoms with Gasteiger partial charge in [-0.25, -0.2) is 0 Å². The predicted molar refractivity (Wildman–Crippen MR) is 65.6 cm³/mol. The lowest BCUT2D eigenvalue weighted by atomic mass is 9.80. The zero-order valence-electron chi connectivity index (χ0n) is 9.65. The first kappa shape index (κ1) is 10.9. The van der Waals surface area contributed by atoms with Crippen LogP contribution in [-0.2, 0) is 4.79 Å². The van der Waals surface area contributed by atoms with E-state index in [1.165, 1.54) is 25.7 Å². The van der Waals surface area contributed by atoms with E-state index in [-0.39, 0.29) is 0 Å². The molecule has 4 atom stereocenters. The second kappa shape index (κ2) is 3.94. The minimum Gasteiger partial charge on any atom is -0.480 e. The lowest BCUT2D eigenvalue weighted by molar-refractivity contribution is -0.140. The normalized spacial score (nSPS) is 46.4. The first-order valence-electron chi connectivity index (χ1n) is 6.57. The number of hydrogen-bond acceptors (Lipinski definition) is 2. The van der Waals surface area contributed by atoms with Crippen molar-refractivity contribution in [2.24, 2.45) is 17.8 Å². The molecule has 0 amide bonds. The summed E-state index contributed by atoms with van der Waals surface area (Å²) in [4.78, 5) is 11.5. The van der Waals surface area contributed by atoms with Crippen molar-refractivity contribution in [1.82, 2.24) is 0 Å². The number of carboxylic acid groups (broad SMARTS) is 1. The van der Waals surface area contributed by atoms with Gasteiger partial charge in [0.05, 0.1) is 0 Å². The Morgan fingerprint density at radius 1 is 1.38 bits per heavy atom. The number of rotatable bonds is 3. The van der Waals surface area contributed by atoms with E-state index in [1.54, 1.807) is 11.8 Å². The zero-order chi connectivity index (χ0) is 11.2. The Labute approximate surface area is 101 Å². The van der Waals surface area contributed by atoms with Crippen molar-refractivity contribution in [3.63, 3.8) is 0 Å². The van der Waals surface area contributed by atoms with Crippen LogP contribution in [-0.4, -0.2) is 21.6 Å². The Balaban J connectivity index is 1.70. The number of aliphatic carboxylic acids is 1. The van der Waals surface area contributed by atoms with E-state index in [0.29, 0.717) is 0 Å². The van der Waals surface area contributed by atoms with E-state index in [4.69, 9.17) is 0 Å². The van der Waals surface area contributed by atoms with Crippen LogP contribution in [0.15, 0.2) is 0 Å². The van der Waals surface area contributed by atoms with Gasteiger partial charge < -0.3 is 5.11 Å². The van der Waals surface area contributed by atoms with Gasteiger partial charge in [0.25, 0.3) is 0 Å². The van der Waals surface area contributed by atoms with Gasteiger partial charge in [-0.15, -0.1) is 11.8 Å². The number of carboxylic acids is 1. The van der Waals surface area contributed by atoms with Crippen molar-refractivity contribution in [3.8, 4) is 0 Å². The maximum atomic E-state index is 11.5. The molecule has 0 aromatic heterocycles. The fourth-order valence-electron chi connectivity index (χ4n) is 4.16. The standard InChI is InChI=1S/C13H20O2S/c14-12(15)13(4-1-5-16-13)8-11-7-9-2-3-10(11)6-9/h9-11H,1-8H2,(H,14,15). The molecule has 0 aromatic carbocycles. The summed E-state index contributed by atoms with van der Waals surface area (Å²) in [5.74, 6) is 3.03. The van der Waals surface area contributed by atoms with Gasteiger partial charge in [-0.3, -0.25) is 4.79 Å². The van der Waals surface area contributed by atoms with Crippen molar-refractivity contribution in [2.75, 3.05) is 5.75 Å². The summed E-state index contributed by atoms with van der Waals surface area (Å²) in [5, 5.41) is 9.47. The van der Waals surface area contributed by atoms with E-state index in [0.717, 1.165) is 42.8 Å².